The van der Waals surface area contributed by atoms with E-state index in [0.29, 0.717) is 35.8 Å². The first kappa shape index (κ1) is 28.8. The third-order valence-corrected chi connectivity index (χ3v) is 4.61. The second-order valence-corrected chi connectivity index (χ2v) is 10.3. The summed E-state index contributed by atoms with van der Waals surface area (Å²) in [5, 5.41) is 11.2. The molecule has 198 valence electrons. The van der Waals surface area contributed by atoms with Crippen LogP contribution in [0.5, 0.6) is 5.75 Å². The van der Waals surface area contributed by atoms with Gasteiger partial charge in [0, 0.05) is 12.7 Å². The normalized spacial score (nSPS) is 11.6. The maximum Gasteiger partial charge on any atom is 0.425 e. The van der Waals surface area contributed by atoms with Gasteiger partial charge in [-0.15, -0.1) is 0 Å². The predicted octanol–water partition coefficient (Wildman–Crippen LogP) is 5.90. The average molecular weight is 502 g/mol. The van der Waals surface area contributed by atoms with Crippen molar-refractivity contribution in [2.24, 2.45) is 0 Å². The van der Waals surface area contributed by atoms with Crippen LogP contribution in [0.2, 0.25) is 0 Å². The second kappa shape index (κ2) is 12.5. The first-order chi connectivity index (χ1) is 16.8. The third kappa shape index (κ3) is 8.98. The van der Waals surface area contributed by atoms with Gasteiger partial charge >= 0.3 is 12.2 Å². The molecule has 0 saturated heterocycles. The Bertz CT molecular complexity index is 988. The number of nitrogens with zero attached hydrogens (tertiary/aromatic N) is 4. The molecular formula is C26H39N5O5. The van der Waals surface area contributed by atoms with E-state index in [2.05, 4.69) is 27.4 Å². The molecule has 2 aromatic heterocycles. The summed E-state index contributed by atoms with van der Waals surface area (Å²) in [6, 6.07) is 5.37. The van der Waals surface area contributed by atoms with Gasteiger partial charge in [-0.25, -0.2) is 14.6 Å². The monoisotopic (exact) mass is 501 g/mol. The first-order valence-electron chi connectivity index (χ1n) is 12.3. The van der Waals surface area contributed by atoms with Crippen molar-refractivity contribution in [1.82, 2.24) is 15.2 Å². The smallest absolute Gasteiger partial charge is 0.425 e. The number of aryl methyl sites for hydroxylation is 1. The molecule has 2 rings (SSSR count). The minimum absolute atomic E-state index is 0.131. The van der Waals surface area contributed by atoms with E-state index < -0.39 is 23.4 Å². The van der Waals surface area contributed by atoms with Gasteiger partial charge in [-0.3, -0.25) is 0 Å². The fraction of sp³-hybridized carbons (Fsp3) is 0.577. The van der Waals surface area contributed by atoms with Crippen molar-refractivity contribution >= 4 is 23.8 Å². The molecule has 0 aliphatic heterocycles. The number of imide groups is 1. The molecule has 10 heteroatoms. The van der Waals surface area contributed by atoms with Crippen molar-refractivity contribution in [3.05, 3.63) is 35.7 Å². The Labute approximate surface area is 213 Å². The van der Waals surface area contributed by atoms with E-state index in [1.807, 2.05) is 13.0 Å². The van der Waals surface area contributed by atoms with Crippen molar-refractivity contribution < 1.29 is 23.8 Å². The van der Waals surface area contributed by atoms with Crippen LogP contribution >= 0.6 is 0 Å². The maximum absolute atomic E-state index is 13.2. The Hall–Kier alpha value is -3.43. The van der Waals surface area contributed by atoms with Crippen molar-refractivity contribution in [1.29, 1.82) is 0 Å². The Morgan fingerprint density at radius 2 is 1.67 bits per heavy atom. The minimum Gasteiger partial charge on any atom is -0.483 e. The van der Waals surface area contributed by atoms with E-state index in [1.165, 1.54) is 0 Å². The highest BCUT2D eigenvalue weighted by molar-refractivity contribution is 6.09. The van der Waals surface area contributed by atoms with Crippen LogP contribution in [0.1, 0.15) is 79.5 Å². The van der Waals surface area contributed by atoms with Crippen molar-refractivity contribution in [2.75, 3.05) is 16.8 Å². The fourth-order valence-corrected chi connectivity index (χ4v) is 3.02. The zero-order chi connectivity index (χ0) is 26.9. The van der Waals surface area contributed by atoms with E-state index in [4.69, 9.17) is 14.2 Å². The lowest BCUT2D eigenvalue weighted by Crippen LogP contribution is -2.44. The molecule has 0 aliphatic rings. The van der Waals surface area contributed by atoms with Gasteiger partial charge in [0.2, 0.25) is 0 Å². The highest BCUT2D eigenvalue weighted by Gasteiger charge is 2.35. The molecule has 36 heavy (non-hydrogen) atoms. The van der Waals surface area contributed by atoms with E-state index in [-0.39, 0.29) is 12.4 Å². The van der Waals surface area contributed by atoms with Crippen LogP contribution in [0, 0.1) is 0 Å². The summed E-state index contributed by atoms with van der Waals surface area (Å²) in [7, 11) is 0. The lowest BCUT2D eigenvalue weighted by Gasteiger charge is -2.29. The van der Waals surface area contributed by atoms with Crippen molar-refractivity contribution in [2.45, 2.75) is 92.5 Å². The van der Waals surface area contributed by atoms with Gasteiger partial charge in [-0.05, 0) is 78.1 Å². The number of unbranched alkanes of at least 4 members (excludes halogenated alkanes) is 1. The number of amides is 2. The number of hydrogen-bond acceptors (Lipinski definition) is 9. The maximum atomic E-state index is 13.2. The Morgan fingerprint density at radius 1 is 1.03 bits per heavy atom. The molecule has 0 fully saturated rings. The van der Waals surface area contributed by atoms with Crippen LogP contribution in [-0.2, 0) is 22.5 Å². The predicted molar refractivity (Wildman–Crippen MR) is 138 cm³/mol. The molecule has 10 nitrogen and oxygen atoms in total. The lowest BCUT2D eigenvalue weighted by molar-refractivity contribution is 0.0428. The van der Waals surface area contributed by atoms with Gasteiger partial charge in [-0.1, -0.05) is 20.3 Å². The topological polar surface area (TPSA) is 116 Å². The largest absolute Gasteiger partial charge is 0.483 e. The molecular weight excluding hydrogens is 462 g/mol. The summed E-state index contributed by atoms with van der Waals surface area (Å²) < 4.78 is 17.1. The van der Waals surface area contributed by atoms with Crippen LogP contribution in [0.25, 0.3) is 0 Å². The molecule has 2 aromatic rings. The number of ether oxygens (including phenoxy) is 3. The third-order valence-electron chi connectivity index (χ3n) is 4.61. The summed E-state index contributed by atoms with van der Waals surface area (Å²) >= 11 is 0. The van der Waals surface area contributed by atoms with Gasteiger partial charge in [0.1, 0.15) is 23.5 Å². The number of nitrogens with one attached hydrogen (secondary N) is 1. The summed E-state index contributed by atoms with van der Waals surface area (Å²) in [6.45, 7) is 15.2. The fourth-order valence-electron chi connectivity index (χ4n) is 3.02. The molecule has 2 heterocycles. The Kier molecular flexibility index (Phi) is 10.0. The van der Waals surface area contributed by atoms with Crippen LogP contribution in [-0.4, -0.2) is 45.1 Å². The number of anilines is 2. The first-order valence-corrected chi connectivity index (χ1v) is 12.3. The van der Waals surface area contributed by atoms with E-state index >= 15 is 0 Å². The standard InChI is InChI=1S/C26H39N5O5/c1-9-11-14-27-21-20(34-17-19-13-12-15-28-30-19)16-18(10-2)22(29-21)31(23(32)35-25(3,4)5)24(33)36-26(6,7)8/h12-13,15-16H,9-11,14,17H2,1-8H3,(H,27,29). The molecule has 0 bridgehead atoms. The van der Waals surface area contributed by atoms with Gasteiger partial charge in [0.25, 0.3) is 0 Å². The number of rotatable bonds is 9. The molecule has 0 spiro atoms. The summed E-state index contributed by atoms with van der Waals surface area (Å²) in [5.41, 5.74) is -0.387. The molecule has 2 amide bonds. The SMILES string of the molecule is CCCCNc1nc(N(C(=O)OC(C)(C)C)C(=O)OC(C)(C)C)c(CC)cc1OCc1cccnn1. The van der Waals surface area contributed by atoms with Gasteiger partial charge in [0.05, 0.1) is 0 Å². The van der Waals surface area contributed by atoms with Crippen molar-refractivity contribution in [3.63, 3.8) is 0 Å². The number of hydrogen-bond donors (Lipinski definition) is 1. The number of carbonyl (C=O) groups excluding carboxylic acids is 2. The highest BCUT2D eigenvalue weighted by Crippen LogP contribution is 2.33. The van der Waals surface area contributed by atoms with Gasteiger partial charge < -0.3 is 19.5 Å². The molecule has 0 aromatic carbocycles. The number of pyridine rings is 1. The number of aromatic nitrogens is 3. The Balaban J connectivity index is 2.55. The lowest BCUT2D eigenvalue weighted by atomic mass is 10.1. The van der Waals surface area contributed by atoms with Crippen LogP contribution < -0.4 is 15.0 Å². The molecule has 1 N–H and O–H groups in total. The summed E-state index contributed by atoms with van der Waals surface area (Å²) in [6.07, 6.45) is 2.21. The zero-order valence-corrected chi connectivity index (χ0v) is 22.7. The van der Waals surface area contributed by atoms with Crippen LogP contribution in [0.3, 0.4) is 0 Å². The second-order valence-electron chi connectivity index (χ2n) is 10.3. The van der Waals surface area contributed by atoms with Gasteiger partial charge in [-0.2, -0.15) is 15.1 Å². The Morgan fingerprint density at radius 3 is 2.17 bits per heavy atom. The molecule has 0 unspecified atom stereocenters. The van der Waals surface area contributed by atoms with Crippen LogP contribution in [0.15, 0.2) is 24.4 Å². The quantitative estimate of drug-likeness (QED) is 0.419. The zero-order valence-electron chi connectivity index (χ0n) is 22.7. The minimum atomic E-state index is -0.869. The summed E-state index contributed by atoms with van der Waals surface area (Å²) in [5.74, 6) is 1.01. The highest BCUT2D eigenvalue weighted by atomic mass is 16.6. The van der Waals surface area contributed by atoms with E-state index in [9.17, 15) is 9.59 Å². The molecule has 0 aliphatic carbocycles. The molecule has 0 atom stereocenters. The van der Waals surface area contributed by atoms with Crippen LogP contribution in [0.4, 0.5) is 21.2 Å². The van der Waals surface area contributed by atoms with Gasteiger partial charge in [0.15, 0.2) is 17.4 Å². The number of carbonyl (C=O) groups is 2. The van der Waals surface area contributed by atoms with E-state index in [1.54, 1.807) is 59.9 Å². The van der Waals surface area contributed by atoms with Crippen molar-refractivity contribution in [3.8, 4) is 5.75 Å². The van der Waals surface area contributed by atoms with E-state index in [0.717, 1.165) is 17.7 Å². The average Bonchev–Trinajstić information content (AvgIpc) is 2.77. The summed E-state index contributed by atoms with van der Waals surface area (Å²) in [4.78, 5) is 32.0. The molecule has 0 radical (unpaired) electrons. The molecule has 0 saturated carbocycles.